The monoisotopic (exact) mass is 314 g/mol. The molecular weight excluding hydrogens is 305 g/mol. The minimum Gasteiger partial charge on any atom is -0.294 e. The molecule has 0 radical (unpaired) electrons. The molecule has 0 saturated carbocycles. The highest BCUT2D eigenvalue weighted by molar-refractivity contribution is 5.98. The molecule has 21 heavy (non-hydrogen) atoms. The van der Waals surface area contributed by atoms with Gasteiger partial charge in [0.2, 0.25) is 0 Å². The molecule has 0 aliphatic heterocycles. The van der Waals surface area contributed by atoms with Gasteiger partial charge in [0.05, 0.1) is 0 Å². The first-order valence-electron chi connectivity index (χ1n) is 5.97. The summed E-state index contributed by atoms with van der Waals surface area (Å²) in [4.78, 5) is 11.5. The van der Waals surface area contributed by atoms with Crippen LogP contribution in [0.15, 0.2) is 18.2 Å². The van der Waals surface area contributed by atoms with Gasteiger partial charge < -0.3 is 0 Å². The van der Waals surface area contributed by atoms with E-state index in [2.05, 4.69) is 0 Å². The van der Waals surface area contributed by atoms with E-state index in [1.165, 1.54) is 0 Å². The van der Waals surface area contributed by atoms with Gasteiger partial charge in [0.15, 0.2) is 5.78 Å². The van der Waals surface area contributed by atoms with Crippen molar-refractivity contribution in [3.05, 3.63) is 34.9 Å². The molecule has 0 heterocycles. The number of aryl methyl sites for hydroxylation is 1. The fourth-order valence-electron chi connectivity index (χ4n) is 2.35. The number of Topliss-reactive ketones (excluding diaryl/α,β-unsaturated/α-hetero) is 1. The summed E-state index contributed by atoms with van der Waals surface area (Å²) in [5.41, 5.74) is -6.93. The molecule has 1 aliphatic carbocycles. The largest absolute Gasteiger partial charge is 0.435 e. The molecular formula is C13H9F7O. The minimum atomic E-state index is -6.14. The lowest BCUT2D eigenvalue weighted by Crippen LogP contribution is -2.50. The van der Waals surface area contributed by atoms with Gasteiger partial charge in [-0.25, -0.2) is 4.39 Å². The SMILES string of the molecule is O=C1CCCc2cc(C(F)(C(F)(F)F)C(F)(F)F)ccc21. The molecule has 1 nitrogen and oxygen atoms in total. The van der Waals surface area contributed by atoms with Crippen LogP contribution in [0.25, 0.3) is 0 Å². The second kappa shape index (κ2) is 4.71. The van der Waals surface area contributed by atoms with Crippen LogP contribution in [-0.2, 0) is 12.1 Å². The fraction of sp³-hybridized carbons (Fsp3) is 0.462. The molecule has 1 aliphatic rings. The number of halogens is 7. The van der Waals surface area contributed by atoms with E-state index in [4.69, 9.17) is 0 Å². The van der Waals surface area contributed by atoms with E-state index >= 15 is 0 Å². The number of carbonyl (C=O) groups excluding carboxylic acids is 1. The van der Waals surface area contributed by atoms with Crippen molar-refractivity contribution in [2.24, 2.45) is 0 Å². The molecule has 0 spiro atoms. The number of benzene rings is 1. The average Bonchev–Trinajstić information content (AvgIpc) is 2.35. The second-order valence-corrected chi connectivity index (χ2v) is 4.80. The third-order valence-corrected chi connectivity index (χ3v) is 3.43. The predicted octanol–water partition coefficient (Wildman–Crippen LogP) is 4.50. The van der Waals surface area contributed by atoms with E-state index < -0.39 is 23.6 Å². The van der Waals surface area contributed by atoms with Crippen molar-refractivity contribution in [3.8, 4) is 0 Å². The summed E-state index contributed by atoms with van der Waals surface area (Å²) in [6.45, 7) is 0. The third kappa shape index (κ3) is 2.40. The standard InChI is InChI=1S/C13H9F7O/c14-11(12(15,16)17,13(18,19)20)8-4-5-9-7(6-8)2-1-3-10(9)21/h4-6H,1-3H2. The number of hydrogen-bond acceptors (Lipinski definition) is 1. The van der Waals surface area contributed by atoms with Crippen LogP contribution in [0.3, 0.4) is 0 Å². The van der Waals surface area contributed by atoms with E-state index in [1.54, 1.807) is 0 Å². The quantitative estimate of drug-likeness (QED) is 0.698. The summed E-state index contributed by atoms with van der Waals surface area (Å²) < 4.78 is 89.7. The Morgan fingerprint density at radius 1 is 0.857 bits per heavy atom. The molecule has 0 bridgehead atoms. The van der Waals surface area contributed by atoms with E-state index in [-0.39, 0.29) is 29.8 Å². The molecule has 8 heteroatoms. The fourth-order valence-corrected chi connectivity index (χ4v) is 2.35. The van der Waals surface area contributed by atoms with Crippen LogP contribution >= 0.6 is 0 Å². The smallest absolute Gasteiger partial charge is 0.294 e. The molecule has 1 aromatic carbocycles. The van der Waals surface area contributed by atoms with Crippen molar-refractivity contribution in [1.29, 1.82) is 0 Å². The molecule has 0 N–H and O–H groups in total. The second-order valence-electron chi connectivity index (χ2n) is 4.80. The summed E-state index contributed by atoms with van der Waals surface area (Å²) in [6, 6.07) is 1.70. The Morgan fingerprint density at radius 3 is 1.95 bits per heavy atom. The summed E-state index contributed by atoms with van der Waals surface area (Å²) >= 11 is 0. The van der Waals surface area contributed by atoms with E-state index in [0.29, 0.717) is 18.6 Å². The highest BCUT2D eigenvalue weighted by atomic mass is 19.4. The van der Waals surface area contributed by atoms with Gasteiger partial charge >= 0.3 is 18.0 Å². The number of hydrogen-bond donors (Lipinski definition) is 0. The van der Waals surface area contributed by atoms with Crippen molar-refractivity contribution in [2.45, 2.75) is 37.3 Å². The van der Waals surface area contributed by atoms with Gasteiger partial charge in [-0.05, 0) is 18.4 Å². The molecule has 0 amide bonds. The van der Waals surface area contributed by atoms with Gasteiger partial charge in [-0.3, -0.25) is 4.79 Å². The number of fused-ring (bicyclic) bond motifs is 1. The summed E-state index contributed by atoms with van der Waals surface area (Å²) in [6.07, 6.45) is -11.7. The first-order chi connectivity index (χ1) is 9.48. The zero-order chi connectivity index (χ0) is 16.1. The normalized spacial score (nSPS) is 16.8. The maximum atomic E-state index is 13.9. The Bertz CT molecular complexity index is 557. The molecule has 0 atom stereocenters. The zero-order valence-electron chi connectivity index (χ0n) is 10.4. The van der Waals surface area contributed by atoms with E-state index in [9.17, 15) is 35.5 Å². The van der Waals surface area contributed by atoms with Crippen molar-refractivity contribution >= 4 is 5.78 Å². The van der Waals surface area contributed by atoms with Crippen molar-refractivity contribution in [3.63, 3.8) is 0 Å². The molecule has 0 unspecified atom stereocenters. The number of carbonyl (C=O) groups is 1. The summed E-state index contributed by atoms with van der Waals surface area (Å²) in [5, 5.41) is 0. The maximum absolute atomic E-state index is 13.9. The highest BCUT2D eigenvalue weighted by Gasteiger charge is 2.73. The van der Waals surface area contributed by atoms with Crippen LogP contribution in [0.2, 0.25) is 0 Å². The predicted molar refractivity (Wildman–Crippen MR) is 58.6 cm³/mol. The number of rotatable bonds is 1. The average molecular weight is 314 g/mol. The molecule has 0 aromatic heterocycles. The molecule has 0 saturated heterocycles. The van der Waals surface area contributed by atoms with Gasteiger partial charge in [0.25, 0.3) is 0 Å². The van der Waals surface area contributed by atoms with Crippen LogP contribution < -0.4 is 0 Å². The van der Waals surface area contributed by atoms with Crippen LogP contribution in [0.4, 0.5) is 30.7 Å². The summed E-state index contributed by atoms with van der Waals surface area (Å²) in [7, 11) is 0. The van der Waals surface area contributed by atoms with Gasteiger partial charge in [-0.2, -0.15) is 26.3 Å². The molecule has 116 valence electrons. The Balaban J connectivity index is 2.61. The van der Waals surface area contributed by atoms with Crippen molar-refractivity contribution < 1.29 is 35.5 Å². The van der Waals surface area contributed by atoms with Crippen molar-refractivity contribution in [2.75, 3.05) is 0 Å². The first kappa shape index (κ1) is 15.8. The van der Waals surface area contributed by atoms with Gasteiger partial charge in [0, 0.05) is 17.5 Å². The topological polar surface area (TPSA) is 17.1 Å². The lowest BCUT2D eigenvalue weighted by Gasteiger charge is -2.31. The Kier molecular flexibility index (Phi) is 3.54. The Hall–Kier alpha value is -1.60. The highest BCUT2D eigenvalue weighted by Crippen LogP contribution is 2.53. The molecule has 1 aromatic rings. The molecule has 0 fully saturated rings. The number of alkyl halides is 7. The van der Waals surface area contributed by atoms with Crippen LogP contribution in [-0.4, -0.2) is 18.1 Å². The maximum Gasteiger partial charge on any atom is 0.435 e. The van der Waals surface area contributed by atoms with Crippen LogP contribution in [0.5, 0.6) is 0 Å². The number of ketones is 1. The van der Waals surface area contributed by atoms with Gasteiger partial charge in [0.1, 0.15) is 0 Å². The first-order valence-corrected chi connectivity index (χ1v) is 5.97. The Morgan fingerprint density at radius 2 is 1.43 bits per heavy atom. The minimum absolute atomic E-state index is 0.0132. The lowest BCUT2D eigenvalue weighted by molar-refractivity contribution is -0.348. The van der Waals surface area contributed by atoms with Crippen LogP contribution in [0, 0.1) is 0 Å². The van der Waals surface area contributed by atoms with Gasteiger partial charge in [-0.1, -0.05) is 18.2 Å². The van der Waals surface area contributed by atoms with Crippen molar-refractivity contribution in [1.82, 2.24) is 0 Å². The summed E-state index contributed by atoms with van der Waals surface area (Å²) in [5.74, 6) is -0.369. The van der Waals surface area contributed by atoms with Gasteiger partial charge in [-0.15, -0.1) is 0 Å². The third-order valence-electron chi connectivity index (χ3n) is 3.43. The lowest BCUT2D eigenvalue weighted by atomic mass is 9.85. The zero-order valence-corrected chi connectivity index (χ0v) is 10.4. The van der Waals surface area contributed by atoms with E-state index in [1.807, 2.05) is 0 Å². The molecule has 2 rings (SSSR count). The van der Waals surface area contributed by atoms with E-state index in [0.717, 1.165) is 6.07 Å². The van der Waals surface area contributed by atoms with Crippen LogP contribution in [0.1, 0.15) is 34.3 Å². The Labute approximate surface area is 114 Å².